The normalized spacial score (nSPS) is 11.7. The molecule has 1 rings (SSSR count). The fourth-order valence-electron chi connectivity index (χ4n) is 1.83. The molecule has 0 unspecified atom stereocenters. The highest BCUT2D eigenvalue weighted by Crippen LogP contribution is 2.35. The van der Waals surface area contributed by atoms with Crippen LogP contribution in [0.5, 0.6) is 0 Å². The SMILES string of the molecule is CCCCCCNC(=O)Cn1nc(C(F)(F)F)c(Br)c1C. The molecule has 0 saturated heterocycles. The van der Waals surface area contributed by atoms with Gasteiger partial charge in [-0.3, -0.25) is 9.48 Å². The van der Waals surface area contributed by atoms with Crippen LogP contribution in [-0.2, 0) is 17.5 Å². The molecule has 120 valence electrons. The topological polar surface area (TPSA) is 46.9 Å². The summed E-state index contributed by atoms with van der Waals surface area (Å²) in [5.74, 6) is -0.335. The van der Waals surface area contributed by atoms with Gasteiger partial charge in [0.2, 0.25) is 5.91 Å². The fraction of sp³-hybridized carbons (Fsp3) is 0.692. The number of alkyl halides is 3. The molecule has 0 atom stereocenters. The summed E-state index contributed by atoms with van der Waals surface area (Å²) in [6.45, 7) is 3.90. The third-order valence-corrected chi connectivity index (χ3v) is 4.00. The highest BCUT2D eigenvalue weighted by atomic mass is 79.9. The maximum Gasteiger partial charge on any atom is 0.436 e. The molecule has 0 aliphatic carbocycles. The monoisotopic (exact) mass is 369 g/mol. The Labute approximate surface area is 130 Å². The molecule has 0 aliphatic rings. The Bertz CT molecular complexity index is 486. The van der Waals surface area contributed by atoms with E-state index in [0.717, 1.165) is 30.4 Å². The number of amides is 1. The van der Waals surface area contributed by atoms with E-state index in [0.29, 0.717) is 6.54 Å². The van der Waals surface area contributed by atoms with Crippen LogP contribution in [-0.4, -0.2) is 22.2 Å². The first-order valence-electron chi connectivity index (χ1n) is 6.84. The number of halogens is 4. The molecule has 0 bridgehead atoms. The van der Waals surface area contributed by atoms with Crippen LogP contribution in [0.4, 0.5) is 13.2 Å². The number of unbranched alkanes of at least 4 members (excludes halogenated alkanes) is 3. The Balaban J connectivity index is 2.57. The van der Waals surface area contributed by atoms with Gasteiger partial charge >= 0.3 is 6.18 Å². The Morgan fingerprint density at radius 1 is 1.33 bits per heavy atom. The second-order valence-electron chi connectivity index (χ2n) is 4.81. The zero-order valence-corrected chi connectivity index (χ0v) is 13.6. The molecule has 0 aliphatic heterocycles. The first-order valence-corrected chi connectivity index (χ1v) is 7.63. The summed E-state index contributed by atoms with van der Waals surface area (Å²) in [5, 5.41) is 6.15. The number of nitrogens with zero attached hydrogens (tertiary/aromatic N) is 2. The molecular weight excluding hydrogens is 351 g/mol. The average Bonchev–Trinajstić information content (AvgIpc) is 2.66. The van der Waals surface area contributed by atoms with E-state index in [9.17, 15) is 18.0 Å². The van der Waals surface area contributed by atoms with E-state index in [2.05, 4.69) is 33.3 Å². The Kier molecular flexibility index (Phi) is 6.70. The van der Waals surface area contributed by atoms with Crippen molar-refractivity contribution in [2.24, 2.45) is 0 Å². The van der Waals surface area contributed by atoms with Crippen molar-refractivity contribution in [3.8, 4) is 0 Å². The van der Waals surface area contributed by atoms with Gasteiger partial charge in [0.25, 0.3) is 0 Å². The molecule has 1 heterocycles. The van der Waals surface area contributed by atoms with Crippen LogP contribution in [0, 0.1) is 6.92 Å². The summed E-state index contributed by atoms with van der Waals surface area (Å²) in [5.41, 5.74) is -0.723. The van der Waals surface area contributed by atoms with Gasteiger partial charge in [-0.1, -0.05) is 26.2 Å². The predicted octanol–water partition coefficient (Wildman–Crippen LogP) is 3.67. The van der Waals surface area contributed by atoms with Crippen molar-refractivity contribution in [1.29, 1.82) is 0 Å². The molecule has 21 heavy (non-hydrogen) atoms. The average molecular weight is 370 g/mol. The second kappa shape index (κ2) is 7.82. The van der Waals surface area contributed by atoms with Crippen LogP contribution in [0.1, 0.15) is 44.0 Å². The van der Waals surface area contributed by atoms with Crippen molar-refractivity contribution in [2.75, 3.05) is 6.54 Å². The lowest BCUT2D eigenvalue weighted by Gasteiger charge is -2.06. The molecule has 1 aromatic heterocycles. The van der Waals surface area contributed by atoms with Crippen molar-refractivity contribution in [2.45, 2.75) is 52.3 Å². The second-order valence-corrected chi connectivity index (χ2v) is 5.61. The summed E-state index contributed by atoms with van der Waals surface area (Å²) in [7, 11) is 0. The number of hydrogen-bond acceptors (Lipinski definition) is 2. The summed E-state index contributed by atoms with van der Waals surface area (Å²) in [6.07, 6.45) is -0.424. The summed E-state index contributed by atoms with van der Waals surface area (Å²) < 4.78 is 39.0. The van der Waals surface area contributed by atoms with E-state index < -0.39 is 11.9 Å². The molecule has 8 heteroatoms. The molecule has 0 radical (unpaired) electrons. The van der Waals surface area contributed by atoms with Crippen LogP contribution in [0.3, 0.4) is 0 Å². The number of rotatable bonds is 7. The molecule has 0 saturated carbocycles. The van der Waals surface area contributed by atoms with E-state index >= 15 is 0 Å². The van der Waals surface area contributed by atoms with Gasteiger partial charge in [0.05, 0.1) is 10.2 Å². The van der Waals surface area contributed by atoms with Gasteiger partial charge in [0, 0.05) is 6.54 Å². The van der Waals surface area contributed by atoms with E-state index in [1.165, 1.54) is 6.92 Å². The number of carbonyl (C=O) groups excluding carboxylic acids is 1. The minimum absolute atomic E-state index is 0.120. The third kappa shape index (κ3) is 5.33. The summed E-state index contributed by atoms with van der Waals surface area (Å²) >= 11 is 2.87. The number of carbonyl (C=O) groups is 1. The number of aromatic nitrogens is 2. The largest absolute Gasteiger partial charge is 0.436 e. The summed E-state index contributed by atoms with van der Waals surface area (Å²) in [6, 6.07) is 0. The van der Waals surface area contributed by atoms with Crippen molar-refractivity contribution in [1.82, 2.24) is 15.1 Å². The Morgan fingerprint density at radius 2 is 2.00 bits per heavy atom. The maximum atomic E-state index is 12.7. The highest BCUT2D eigenvalue weighted by molar-refractivity contribution is 9.10. The smallest absolute Gasteiger partial charge is 0.354 e. The first-order chi connectivity index (χ1) is 9.77. The van der Waals surface area contributed by atoms with Gasteiger partial charge in [-0.05, 0) is 29.3 Å². The lowest BCUT2D eigenvalue weighted by Crippen LogP contribution is -2.29. The summed E-state index contributed by atoms with van der Waals surface area (Å²) in [4.78, 5) is 11.7. The molecular formula is C13H19BrF3N3O. The molecule has 1 N–H and O–H groups in total. The fourth-order valence-corrected chi connectivity index (χ4v) is 2.34. The van der Waals surface area contributed by atoms with Gasteiger partial charge < -0.3 is 5.32 Å². The quantitative estimate of drug-likeness (QED) is 0.745. The van der Waals surface area contributed by atoms with E-state index in [1.54, 1.807) is 0 Å². The van der Waals surface area contributed by atoms with Crippen LogP contribution >= 0.6 is 15.9 Å². The van der Waals surface area contributed by atoms with Crippen LogP contribution < -0.4 is 5.32 Å². The zero-order valence-electron chi connectivity index (χ0n) is 12.1. The van der Waals surface area contributed by atoms with Crippen molar-refractivity contribution in [3.63, 3.8) is 0 Å². The first kappa shape index (κ1) is 18.0. The van der Waals surface area contributed by atoms with Gasteiger partial charge in [-0.25, -0.2) is 0 Å². The lowest BCUT2D eigenvalue weighted by atomic mass is 10.2. The van der Waals surface area contributed by atoms with Gasteiger partial charge in [-0.2, -0.15) is 18.3 Å². The molecule has 1 amide bonds. The predicted molar refractivity (Wildman–Crippen MR) is 76.8 cm³/mol. The van der Waals surface area contributed by atoms with Crippen LogP contribution in [0.15, 0.2) is 4.47 Å². The van der Waals surface area contributed by atoms with Crippen molar-refractivity contribution in [3.05, 3.63) is 15.9 Å². The van der Waals surface area contributed by atoms with E-state index in [-0.39, 0.29) is 22.6 Å². The van der Waals surface area contributed by atoms with Crippen LogP contribution in [0.2, 0.25) is 0 Å². The number of hydrogen-bond donors (Lipinski definition) is 1. The Morgan fingerprint density at radius 3 is 2.52 bits per heavy atom. The van der Waals surface area contributed by atoms with Crippen molar-refractivity contribution >= 4 is 21.8 Å². The van der Waals surface area contributed by atoms with Crippen LogP contribution in [0.25, 0.3) is 0 Å². The molecule has 0 aromatic carbocycles. The third-order valence-electron chi connectivity index (χ3n) is 3.05. The standard InChI is InChI=1S/C13H19BrF3N3O/c1-3-4-5-6-7-18-10(21)8-20-9(2)11(14)12(19-20)13(15,16)17/h3-8H2,1-2H3,(H,18,21). The van der Waals surface area contributed by atoms with Gasteiger partial charge in [-0.15, -0.1) is 0 Å². The van der Waals surface area contributed by atoms with E-state index in [1.807, 2.05) is 0 Å². The highest BCUT2D eigenvalue weighted by Gasteiger charge is 2.38. The van der Waals surface area contributed by atoms with E-state index in [4.69, 9.17) is 0 Å². The molecule has 0 spiro atoms. The molecule has 0 fully saturated rings. The number of nitrogens with one attached hydrogen (secondary N) is 1. The Hall–Kier alpha value is -1.05. The van der Waals surface area contributed by atoms with Crippen molar-refractivity contribution < 1.29 is 18.0 Å². The van der Waals surface area contributed by atoms with Gasteiger partial charge in [0.1, 0.15) is 6.54 Å². The minimum atomic E-state index is -4.54. The molecule has 1 aromatic rings. The molecule has 4 nitrogen and oxygen atoms in total. The maximum absolute atomic E-state index is 12.7. The lowest BCUT2D eigenvalue weighted by molar-refractivity contribution is -0.142. The zero-order chi connectivity index (χ0) is 16.0. The minimum Gasteiger partial charge on any atom is -0.354 e. The van der Waals surface area contributed by atoms with Gasteiger partial charge in [0.15, 0.2) is 5.69 Å².